The van der Waals surface area contributed by atoms with Crippen LogP contribution in [0.2, 0.25) is 5.02 Å². The average Bonchev–Trinajstić information content (AvgIpc) is 3.25. The summed E-state index contributed by atoms with van der Waals surface area (Å²) in [6, 6.07) is 4.08. The number of hydrogen-bond donors (Lipinski definition) is 2. The summed E-state index contributed by atoms with van der Waals surface area (Å²) in [4.78, 5) is 24.9. The van der Waals surface area contributed by atoms with Gasteiger partial charge in [0.2, 0.25) is 5.91 Å². The zero-order chi connectivity index (χ0) is 20.8. The number of carbonyl (C=O) groups is 2. The SMILES string of the molecule is CC1CC(C(=O)NC23CC(C2)[C@@H](NC(=O)COc2ccc(Cl)c(F)c2)C3)C(C)O1. The minimum Gasteiger partial charge on any atom is -0.484 e. The predicted octanol–water partition coefficient (Wildman–Crippen LogP) is 2.82. The van der Waals surface area contributed by atoms with Crippen LogP contribution in [0.3, 0.4) is 0 Å². The lowest BCUT2D eigenvalue weighted by atomic mass is 9.76. The maximum atomic E-state index is 13.4. The van der Waals surface area contributed by atoms with Crippen LogP contribution in [0.25, 0.3) is 0 Å². The van der Waals surface area contributed by atoms with Gasteiger partial charge in [-0.15, -0.1) is 0 Å². The Hall–Kier alpha value is -1.86. The number of carbonyl (C=O) groups excluding carboxylic acids is 2. The quantitative estimate of drug-likeness (QED) is 0.736. The van der Waals surface area contributed by atoms with Crippen molar-refractivity contribution >= 4 is 23.4 Å². The first-order valence-corrected chi connectivity index (χ1v) is 10.5. The molecule has 4 fully saturated rings. The summed E-state index contributed by atoms with van der Waals surface area (Å²) in [6.07, 6.45) is 3.27. The van der Waals surface area contributed by atoms with E-state index in [4.69, 9.17) is 21.1 Å². The van der Waals surface area contributed by atoms with E-state index in [1.54, 1.807) is 0 Å². The first-order chi connectivity index (χ1) is 13.7. The number of rotatable bonds is 6. The molecule has 4 atom stereocenters. The fourth-order valence-corrected chi connectivity index (χ4v) is 5.13. The summed E-state index contributed by atoms with van der Waals surface area (Å²) >= 11 is 5.64. The molecular weight excluding hydrogens is 399 g/mol. The molecule has 5 rings (SSSR count). The number of nitrogens with one attached hydrogen (secondary N) is 2. The van der Waals surface area contributed by atoms with Crippen LogP contribution in [0.1, 0.15) is 39.5 Å². The van der Waals surface area contributed by atoms with Gasteiger partial charge in [0.05, 0.1) is 23.1 Å². The summed E-state index contributed by atoms with van der Waals surface area (Å²) in [5.41, 5.74) is -0.217. The highest BCUT2D eigenvalue weighted by Crippen LogP contribution is 2.52. The molecule has 4 aliphatic rings. The molecule has 8 heteroatoms. The van der Waals surface area contributed by atoms with E-state index < -0.39 is 5.82 Å². The van der Waals surface area contributed by atoms with Gasteiger partial charge >= 0.3 is 0 Å². The van der Waals surface area contributed by atoms with Crippen molar-refractivity contribution in [2.24, 2.45) is 11.8 Å². The van der Waals surface area contributed by atoms with Crippen molar-refractivity contribution in [2.75, 3.05) is 6.61 Å². The lowest BCUT2D eigenvalue weighted by Gasteiger charge is -2.40. The maximum absolute atomic E-state index is 13.4. The molecule has 1 aliphatic heterocycles. The molecule has 3 saturated carbocycles. The molecule has 1 heterocycles. The van der Waals surface area contributed by atoms with E-state index in [1.165, 1.54) is 12.1 Å². The molecular formula is C21H26ClFN2O4. The standard InChI is InChI=1S/C21H26ClFN2O4/c1-11-5-15(12(2)29-11)20(27)25-21-7-13(8-21)18(9-21)24-19(26)10-28-14-3-4-16(22)17(23)6-14/h3-4,6,11-13,15,18H,5,7-10H2,1-2H3,(H,24,26)(H,25,27)/t11?,12?,13?,15?,18-,21?/m0/s1. The zero-order valence-electron chi connectivity index (χ0n) is 16.5. The Balaban J connectivity index is 1.25. The molecule has 3 unspecified atom stereocenters. The second kappa shape index (κ2) is 7.76. The van der Waals surface area contributed by atoms with Crippen molar-refractivity contribution < 1.29 is 23.5 Å². The van der Waals surface area contributed by atoms with Crippen LogP contribution in [-0.4, -0.2) is 42.2 Å². The molecule has 1 saturated heterocycles. The molecule has 0 aromatic heterocycles. The maximum Gasteiger partial charge on any atom is 0.258 e. The Morgan fingerprint density at radius 3 is 2.72 bits per heavy atom. The molecule has 6 nitrogen and oxygen atoms in total. The second-order valence-corrected chi connectivity index (χ2v) is 9.08. The monoisotopic (exact) mass is 424 g/mol. The number of fused-ring (bicyclic) bond motifs is 1. The van der Waals surface area contributed by atoms with Crippen molar-refractivity contribution in [3.63, 3.8) is 0 Å². The number of ether oxygens (including phenoxy) is 2. The smallest absolute Gasteiger partial charge is 0.258 e. The van der Waals surface area contributed by atoms with Gasteiger partial charge in [0.25, 0.3) is 5.91 Å². The van der Waals surface area contributed by atoms with E-state index in [-0.39, 0.29) is 58.9 Å². The van der Waals surface area contributed by atoms with E-state index in [0.717, 1.165) is 31.7 Å². The van der Waals surface area contributed by atoms with Crippen molar-refractivity contribution in [3.8, 4) is 5.75 Å². The van der Waals surface area contributed by atoms with Gasteiger partial charge in [-0.25, -0.2) is 4.39 Å². The predicted molar refractivity (Wildman–Crippen MR) is 105 cm³/mol. The van der Waals surface area contributed by atoms with Gasteiger partial charge < -0.3 is 20.1 Å². The van der Waals surface area contributed by atoms with E-state index in [0.29, 0.717) is 5.92 Å². The summed E-state index contributed by atoms with van der Waals surface area (Å²) < 4.78 is 24.5. The molecule has 2 amide bonds. The Kier molecular flexibility index (Phi) is 5.46. The number of halogens is 2. The van der Waals surface area contributed by atoms with Gasteiger partial charge in [0.15, 0.2) is 6.61 Å². The molecule has 0 radical (unpaired) electrons. The lowest BCUT2D eigenvalue weighted by molar-refractivity contribution is -0.129. The van der Waals surface area contributed by atoms with Crippen LogP contribution < -0.4 is 15.4 Å². The molecule has 2 N–H and O–H groups in total. The topological polar surface area (TPSA) is 76.7 Å². The van der Waals surface area contributed by atoms with Crippen molar-refractivity contribution in [2.45, 2.75) is 63.3 Å². The van der Waals surface area contributed by atoms with E-state index in [1.807, 2.05) is 13.8 Å². The van der Waals surface area contributed by atoms with Crippen LogP contribution in [-0.2, 0) is 14.3 Å². The van der Waals surface area contributed by atoms with Crippen LogP contribution in [0.4, 0.5) is 4.39 Å². The fraction of sp³-hybridized carbons (Fsp3) is 0.619. The van der Waals surface area contributed by atoms with E-state index in [9.17, 15) is 14.0 Å². The van der Waals surface area contributed by atoms with Crippen LogP contribution in [0.15, 0.2) is 18.2 Å². The van der Waals surface area contributed by atoms with Crippen molar-refractivity contribution in [1.82, 2.24) is 10.6 Å². The number of amides is 2. The third-order valence-corrected chi connectivity index (χ3v) is 6.72. The second-order valence-electron chi connectivity index (χ2n) is 8.67. The highest BCUT2D eigenvalue weighted by Gasteiger charge is 2.57. The lowest BCUT2D eigenvalue weighted by Crippen LogP contribution is -2.54. The molecule has 2 bridgehead atoms. The average molecular weight is 425 g/mol. The van der Waals surface area contributed by atoms with Crippen LogP contribution in [0.5, 0.6) is 5.75 Å². The Labute approximate surface area is 174 Å². The van der Waals surface area contributed by atoms with Crippen molar-refractivity contribution in [3.05, 3.63) is 29.0 Å². The Bertz CT molecular complexity index is 814. The van der Waals surface area contributed by atoms with Gasteiger partial charge in [0, 0.05) is 17.6 Å². The summed E-state index contributed by atoms with van der Waals surface area (Å²) in [6.45, 7) is 3.74. The molecule has 0 spiro atoms. The molecule has 3 aliphatic carbocycles. The van der Waals surface area contributed by atoms with Crippen molar-refractivity contribution in [1.29, 1.82) is 0 Å². The number of hydrogen-bond acceptors (Lipinski definition) is 4. The van der Waals surface area contributed by atoms with Gasteiger partial charge in [-0.1, -0.05) is 11.6 Å². The van der Waals surface area contributed by atoms with Crippen LogP contribution >= 0.6 is 11.6 Å². The third-order valence-electron chi connectivity index (χ3n) is 6.42. The van der Waals surface area contributed by atoms with E-state index in [2.05, 4.69) is 10.6 Å². The summed E-state index contributed by atoms with van der Waals surface area (Å²) in [7, 11) is 0. The minimum absolute atomic E-state index is 0.00731. The minimum atomic E-state index is -0.588. The third kappa shape index (κ3) is 4.21. The Morgan fingerprint density at radius 1 is 1.31 bits per heavy atom. The molecule has 1 aromatic rings. The van der Waals surface area contributed by atoms with Gasteiger partial charge in [-0.2, -0.15) is 0 Å². The number of benzene rings is 1. The largest absolute Gasteiger partial charge is 0.484 e. The summed E-state index contributed by atoms with van der Waals surface area (Å²) in [5.74, 6) is -0.283. The molecule has 29 heavy (non-hydrogen) atoms. The van der Waals surface area contributed by atoms with E-state index >= 15 is 0 Å². The van der Waals surface area contributed by atoms with Gasteiger partial charge in [-0.05, 0) is 57.6 Å². The summed E-state index contributed by atoms with van der Waals surface area (Å²) in [5, 5.41) is 6.23. The normalized spacial score (nSPS) is 35.1. The Morgan fingerprint density at radius 2 is 2.07 bits per heavy atom. The molecule has 1 aromatic carbocycles. The first kappa shape index (κ1) is 20.4. The highest BCUT2D eigenvalue weighted by molar-refractivity contribution is 6.30. The van der Waals surface area contributed by atoms with Gasteiger partial charge in [0.1, 0.15) is 11.6 Å². The fourth-order valence-electron chi connectivity index (χ4n) is 5.01. The first-order valence-electron chi connectivity index (χ1n) is 10.1. The van der Waals surface area contributed by atoms with Crippen LogP contribution in [0, 0.1) is 17.7 Å². The molecule has 158 valence electrons. The highest BCUT2D eigenvalue weighted by atomic mass is 35.5. The van der Waals surface area contributed by atoms with Gasteiger partial charge in [-0.3, -0.25) is 9.59 Å². The zero-order valence-corrected chi connectivity index (χ0v) is 17.3.